The Morgan fingerprint density at radius 3 is 2.56 bits per heavy atom. The Morgan fingerprint density at radius 1 is 1.39 bits per heavy atom. The predicted molar refractivity (Wildman–Crippen MR) is 82.1 cm³/mol. The highest BCUT2D eigenvalue weighted by atomic mass is 32.1. The average Bonchev–Trinajstić information content (AvgIpc) is 2.75. The highest BCUT2D eigenvalue weighted by Crippen LogP contribution is 2.34. The summed E-state index contributed by atoms with van der Waals surface area (Å²) < 4.78 is 0. The van der Waals surface area contributed by atoms with E-state index in [0.717, 1.165) is 19.5 Å². The second-order valence-corrected chi connectivity index (χ2v) is 5.69. The SMILES string of the molecule is CC.CC(C)c1nc(N)sc1C1=CCN(C)CC1. The first-order valence-electron chi connectivity index (χ1n) is 6.72. The van der Waals surface area contributed by atoms with Gasteiger partial charge in [-0.15, -0.1) is 0 Å². The summed E-state index contributed by atoms with van der Waals surface area (Å²) in [6.07, 6.45) is 3.42. The van der Waals surface area contributed by atoms with Crippen molar-refractivity contribution in [1.29, 1.82) is 0 Å². The van der Waals surface area contributed by atoms with E-state index in [2.05, 4.69) is 36.9 Å². The van der Waals surface area contributed by atoms with Crippen LogP contribution in [0.5, 0.6) is 0 Å². The smallest absolute Gasteiger partial charge is 0.180 e. The van der Waals surface area contributed by atoms with E-state index in [1.165, 1.54) is 16.1 Å². The van der Waals surface area contributed by atoms with Crippen LogP contribution in [0.3, 0.4) is 0 Å². The minimum atomic E-state index is 0.448. The van der Waals surface area contributed by atoms with Crippen LogP contribution in [0.15, 0.2) is 6.08 Å². The van der Waals surface area contributed by atoms with E-state index in [4.69, 9.17) is 5.73 Å². The van der Waals surface area contributed by atoms with Gasteiger partial charge in [0.15, 0.2) is 5.13 Å². The van der Waals surface area contributed by atoms with Gasteiger partial charge in [-0.25, -0.2) is 4.98 Å². The van der Waals surface area contributed by atoms with Crippen LogP contribution in [0, 0.1) is 0 Å². The summed E-state index contributed by atoms with van der Waals surface area (Å²) in [6, 6.07) is 0. The van der Waals surface area contributed by atoms with Crippen molar-refractivity contribution in [3.05, 3.63) is 16.6 Å². The van der Waals surface area contributed by atoms with Crippen molar-refractivity contribution < 1.29 is 0 Å². The van der Waals surface area contributed by atoms with Crippen molar-refractivity contribution in [1.82, 2.24) is 9.88 Å². The molecule has 2 rings (SSSR count). The molecule has 1 aliphatic heterocycles. The van der Waals surface area contributed by atoms with Gasteiger partial charge >= 0.3 is 0 Å². The third-order valence-corrected chi connectivity index (χ3v) is 3.90. The molecule has 18 heavy (non-hydrogen) atoms. The molecule has 0 aromatic carbocycles. The van der Waals surface area contributed by atoms with Gasteiger partial charge < -0.3 is 10.6 Å². The fourth-order valence-corrected chi connectivity index (χ4v) is 3.00. The number of nitrogens with zero attached hydrogens (tertiary/aromatic N) is 2. The largest absolute Gasteiger partial charge is 0.375 e. The number of aromatic nitrogens is 1. The van der Waals surface area contributed by atoms with Gasteiger partial charge in [-0.2, -0.15) is 0 Å². The van der Waals surface area contributed by atoms with Crippen molar-refractivity contribution in [2.24, 2.45) is 0 Å². The van der Waals surface area contributed by atoms with Crippen LogP contribution in [0.2, 0.25) is 0 Å². The summed E-state index contributed by atoms with van der Waals surface area (Å²) in [7, 11) is 2.15. The normalized spacial score (nSPS) is 16.2. The lowest BCUT2D eigenvalue weighted by molar-refractivity contribution is 0.370. The first kappa shape index (κ1) is 15.2. The fourth-order valence-electron chi connectivity index (χ4n) is 1.95. The molecule has 1 aromatic rings. The second-order valence-electron chi connectivity index (χ2n) is 4.66. The zero-order valence-electron chi connectivity index (χ0n) is 12.2. The molecule has 0 fully saturated rings. The van der Waals surface area contributed by atoms with Crippen molar-refractivity contribution >= 4 is 22.0 Å². The van der Waals surface area contributed by atoms with E-state index in [1.54, 1.807) is 11.3 Å². The van der Waals surface area contributed by atoms with E-state index in [-0.39, 0.29) is 0 Å². The van der Waals surface area contributed by atoms with Gasteiger partial charge in [0.05, 0.1) is 10.6 Å². The standard InChI is InChI=1S/C12H19N3S.C2H6/c1-8(2)10-11(16-12(13)14-10)9-4-6-15(3)7-5-9;1-2/h4,8H,5-7H2,1-3H3,(H2,13,14);1-2H3. The number of rotatable bonds is 2. The number of nitrogen functional groups attached to an aromatic ring is 1. The summed E-state index contributed by atoms with van der Waals surface area (Å²) in [5.41, 5.74) is 8.41. The molecule has 1 aliphatic rings. The van der Waals surface area contributed by atoms with E-state index in [0.29, 0.717) is 11.0 Å². The van der Waals surface area contributed by atoms with Crippen LogP contribution in [0.4, 0.5) is 5.13 Å². The summed E-state index contributed by atoms with van der Waals surface area (Å²) in [5, 5.41) is 0.693. The highest BCUT2D eigenvalue weighted by Gasteiger charge is 2.18. The zero-order chi connectivity index (χ0) is 13.7. The van der Waals surface area contributed by atoms with Crippen molar-refractivity contribution in [2.45, 2.75) is 40.0 Å². The maximum Gasteiger partial charge on any atom is 0.180 e. The average molecular weight is 267 g/mol. The molecule has 0 aliphatic carbocycles. The lowest BCUT2D eigenvalue weighted by Crippen LogP contribution is -2.23. The Kier molecular flexibility index (Phi) is 5.82. The molecule has 2 heterocycles. The van der Waals surface area contributed by atoms with Crippen LogP contribution >= 0.6 is 11.3 Å². The zero-order valence-corrected chi connectivity index (χ0v) is 13.0. The Balaban J connectivity index is 0.000000771. The predicted octanol–water partition coefficient (Wildman–Crippen LogP) is 3.59. The lowest BCUT2D eigenvalue weighted by atomic mass is 10.0. The second kappa shape index (κ2) is 6.90. The number of likely N-dealkylation sites (N-methyl/N-ethyl adjacent to an activating group) is 1. The third-order valence-electron chi connectivity index (χ3n) is 2.92. The number of thiazole rings is 1. The summed E-state index contributed by atoms with van der Waals surface area (Å²) >= 11 is 1.63. The molecule has 0 bridgehead atoms. The lowest BCUT2D eigenvalue weighted by Gasteiger charge is -2.22. The molecule has 2 N–H and O–H groups in total. The highest BCUT2D eigenvalue weighted by molar-refractivity contribution is 7.16. The number of hydrogen-bond acceptors (Lipinski definition) is 4. The van der Waals surface area contributed by atoms with Gasteiger partial charge in [0.1, 0.15) is 0 Å². The molecule has 0 atom stereocenters. The summed E-state index contributed by atoms with van der Waals surface area (Å²) in [4.78, 5) is 8.07. The Hall–Kier alpha value is -0.870. The van der Waals surface area contributed by atoms with Crippen molar-refractivity contribution in [2.75, 3.05) is 25.9 Å². The molecule has 0 amide bonds. The van der Waals surface area contributed by atoms with Crippen LogP contribution in [0.1, 0.15) is 50.6 Å². The Morgan fingerprint density at radius 2 is 2.06 bits per heavy atom. The monoisotopic (exact) mass is 267 g/mol. The summed E-state index contributed by atoms with van der Waals surface area (Å²) in [6.45, 7) is 10.5. The maximum absolute atomic E-state index is 5.82. The van der Waals surface area contributed by atoms with Crippen LogP contribution in [-0.2, 0) is 0 Å². The number of hydrogen-bond donors (Lipinski definition) is 1. The molecule has 1 aromatic heterocycles. The number of nitrogens with two attached hydrogens (primary N) is 1. The quantitative estimate of drug-likeness (QED) is 0.890. The maximum atomic E-state index is 5.82. The van der Waals surface area contributed by atoms with Crippen LogP contribution < -0.4 is 5.73 Å². The van der Waals surface area contributed by atoms with Crippen LogP contribution in [0.25, 0.3) is 5.57 Å². The molecule has 3 nitrogen and oxygen atoms in total. The Bertz CT molecular complexity index is 407. The van der Waals surface area contributed by atoms with E-state index in [1.807, 2.05) is 13.8 Å². The molecule has 0 radical (unpaired) electrons. The van der Waals surface area contributed by atoms with E-state index < -0.39 is 0 Å². The van der Waals surface area contributed by atoms with E-state index >= 15 is 0 Å². The molecule has 0 saturated heterocycles. The minimum absolute atomic E-state index is 0.448. The molecule has 102 valence electrons. The van der Waals surface area contributed by atoms with Gasteiger partial charge in [-0.05, 0) is 25.0 Å². The minimum Gasteiger partial charge on any atom is -0.375 e. The third kappa shape index (κ3) is 3.56. The Labute approximate surface area is 115 Å². The van der Waals surface area contributed by atoms with Crippen molar-refractivity contribution in [3.8, 4) is 0 Å². The van der Waals surface area contributed by atoms with Crippen LogP contribution in [-0.4, -0.2) is 30.0 Å². The molecular weight excluding hydrogens is 242 g/mol. The van der Waals surface area contributed by atoms with E-state index in [9.17, 15) is 0 Å². The molecule has 0 spiro atoms. The van der Waals surface area contributed by atoms with Gasteiger partial charge in [0.25, 0.3) is 0 Å². The number of anilines is 1. The van der Waals surface area contributed by atoms with Crippen molar-refractivity contribution in [3.63, 3.8) is 0 Å². The topological polar surface area (TPSA) is 42.1 Å². The van der Waals surface area contributed by atoms with Gasteiger partial charge in [0.2, 0.25) is 0 Å². The van der Waals surface area contributed by atoms with Gasteiger partial charge in [-0.1, -0.05) is 45.1 Å². The first-order chi connectivity index (χ1) is 8.58. The molecule has 0 saturated carbocycles. The fraction of sp³-hybridized carbons (Fsp3) is 0.643. The summed E-state index contributed by atoms with van der Waals surface area (Å²) in [5.74, 6) is 0.448. The molecule has 0 unspecified atom stereocenters. The van der Waals surface area contributed by atoms with Gasteiger partial charge in [0, 0.05) is 13.1 Å². The van der Waals surface area contributed by atoms with Gasteiger partial charge in [-0.3, -0.25) is 0 Å². The molecular formula is C14H25N3S. The first-order valence-corrected chi connectivity index (χ1v) is 7.53. The molecule has 4 heteroatoms.